The van der Waals surface area contributed by atoms with Gasteiger partial charge in [-0.1, -0.05) is 36.4 Å². The molecule has 6 rings (SSSR count). The van der Waals surface area contributed by atoms with E-state index in [9.17, 15) is 9.59 Å². The lowest BCUT2D eigenvalue weighted by atomic mass is 9.59. The molecule has 4 atom stereocenters. The van der Waals surface area contributed by atoms with Crippen LogP contribution in [-0.2, 0) is 0 Å². The van der Waals surface area contributed by atoms with E-state index in [4.69, 9.17) is 0 Å². The number of Topliss-reactive ketones (excluding diaryl/α,β-unsaturated/α-hetero) is 2. The molecule has 2 heteroatoms. The third-order valence-corrected chi connectivity index (χ3v) is 6.71. The molecule has 4 aliphatic rings. The number of fused-ring (bicyclic) bond motifs is 6. The van der Waals surface area contributed by atoms with E-state index in [0.29, 0.717) is 48.1 Å². The molecule has 2 aromatic rings. The van der Waals surface area contributed by atoms with Gasteiger partial charge in [0.15, 0.2) is 11.6 Å². The average molecular weight is 300 g/mol. The molecule has 4 aliphatic carbocycles. The number of ketones is 2. The predicted molar refractivity (Wildman–Crippen MR) is 86.4 cm³/mol. The summed E-state index contributed by atoms with van der Waals surface area (Å²) in [7, 11) is 0. The number of hydrogen-bond donors (Lipinski definition) is 0. The lowest BCUT2D eigenvalue weighted by Gasteiger charge is -2.44. The Labute approximate surface area is 134 Å². The highest BCUT2D eigenvalue weighted by molar-refractivity contribution is 6.04. The maximum Gasteiger partial charge on any atom is 0.163 e. The van der Waals surface area contributed by atoms with E-state index in [2.05, 4.69) is 12.1 Å². The summed E-state index contributed by atoms with van der Waals surface area (Å²) in [5.74, 6) is 2.10. The normalized spacial score (nSPS) is 32.0. The van der Waals surface area contributed by atoms with Gasteiger partial charge in [-0.15, -0.1) is 0 Å². The van der Waals surface area contributed by atoms with Gasteiger partial charge in [0.2, 0.25) is 0 Å². The Morgan fingerprint density at radius 1 is 0.652 bits per heavy atom. The third-order valence-electron chi connectivity index (χ3n) is 6.71. The fourth-order valence-electron chi connectivity index (χ4n) is 5.93. The molecule has 0 spiro atoms. The van der Waals surface area contributed by atoms with Crippen molar-refractivity contribution in [3.05, 3.63) is 69.8 Å². The van der Waals surface area contributed by atoms with Crippen LogP contribution in [0.2, 0.25) is 0 Å². The van der Waals surface area contributed by atoms with E-state index in [1.165, 1.54) is 22.3 Å². The molecule has 0 aromatic heterocycles. The quantitative estimate of drug-likeness (QED) is 0.726. The van der Waals surface area contributed by atoms with Gasteiger partial charge in [-0.05, 0) is 52.3 Å². The molecule has 2 nitrogen and oxygen atoms in total. The van der Waals surface area contributed by atoms with E-state index < -0.39 is 0 Å². The van der Waals surface area contributed by atoms with E-state index in [1.54, 1.807) is 0 Å². The summed E-state index contributed by atoms with van der Waals surface area (Å²) in [5, 5.41) is 0. The molecule has 23 heavy (non-hydrogen) atoms. The summed E-state index contributed by atoms with van der Waals surface area (Å²) in [5.41, 5.74) is 7.24. The van der Waals surface area contributed by atoms with Crippen LogP contribution in [0.15, 0.2) is 36.4 Å². The van der Waals surface area contributed by atoms with Crippen LogP contribution >= 0.6 is 0 Å². The topological polar surface area (TPSA) is 34.1 Å². The van der Waals surface area contributed by atoms with Crippen molar-refractivity contribution in [3.63, 3.8) is 0 Å². The van der Waals surface area contributed by atoms with E-state index >= 15 is 0 Å². The first-order chi connectivity index (χ1) is 11.2. The van der Waals surface area contributed by atoms with Crippen molar-refractivity contribution in [3.8, 4) is 0 Å². The number of hydrogen-bond acceptors (Lipinski definition) is 2. The van der Waals surface area contributed by atoms with Gasteiger partial charge in [-0.2, -0.15) is 0 Å². The summed E-state index contributed by atoms with van der Waals surface area (Å²) in [6.45, 7) is 0. The Hall–Kier alpha value is -2.22. The molecule has 0 aliphatic heterocycles. The summed E-state index contributed by atoms with van der Waals surface area (Å²) in [6, 6.07) is 12.5. The summed E-state index contributed by atoms with van der Waals surface area (Å²) < 4.78 is 0. The maximum atomic E-state index is 12.5. The lowest BCUT2D eigenvalue weighted by molar-refractivity contribution is 0.0981. The van der Waals surface area contributed by atoms with Crippen LogP contribution in [0.3, 0.4) is 0 Å². The van der Waals surface area contributed by atoms with Crippen LogP contribution in [0.1, 0.15) is 85.9 Å². The molecule has 0 saturated carbocycles. The largest absolute Gasteiger partial charge is 0.294 e. The smallest absolute Gasteiger partial charge is 0.163 e. The predicted octanol–water partition coefficient (Wildman–Crippen LogP) is 4.31. The zero-order chi connectivity index (χ0) is 15.3. The van der Waals surface area contributed by atoms with E-state index in [0.717, 1.165) is 17.5 Å². The second kappa shape index (κ2) is 3.81. The second-order valence-electron chi connectivity index (χ2n) is 7.53. The van der Waals surface area contributed by atoms with Gasteiger partial charge in [0, 0.05) is 24.0 Å². The fourth-order valence-corrected chi connectivity index (χ4v) is 5.93. The van der Waals surface area contributed by atoms with Gasteiger partial charge < -0.3 is 0 Å². The van der Waals surface area contributed by atoms with Crippen LogP contribution in [0, 0.1) is 0 Å². The van der Waals surface area contributed by atoms with Gasteiger partial charge in [-0.3, -0.25) is 9.59 Å². The van der Waals surface area contributed by atoms with Crippen molar-refractivity contribution >= 4 is 11.6 Å². The Morgan fingerprint density at radius 2 is 1.13 bits per heavy atom. The van der Waals surface area contributed by atoms with Gasteiger partial charge in [0.25, 0.3) is 0 Å². The van der Waals surface area contributed by atoms with Crippen LogP contribution in [0.5, 0.6) is 0 Å². The zero-order valence-electron chi connectivity index (χ0n) is 12.7. The maximum absolute atomic E-state index is 12.5. The molecule has 0 amide bonds. The van der Waals surface area contributed by atoms with E-state index in [-0.39, 0.29) is 0 Å². The molecule has 0 saturated heterocycles. The highest BCUT2D eigenvalue weighted by atomic mass is 16.1. The van der Waals surface area contributed by atoms with Gasteiger partial charge >= 0.3 is 0 Å². The van der Waals surface area contributed by atoms with E-state index in [1.807, 2.05) is 24.3 Å². The molecular weight excluding hydrogens is 284 g/mol. The molecule has 2 bridgehead atoms. The number of carbonyl (C=O) groups excluding carboxylic acids is 2. The van der Waals surface area contributed by atoms with Crippen LogP contribution in [0.4, 0.5) is 0 Å². The lowest BCUT2D eigenvalue weighted by Crippen LogP contribution is -2.29. The third kappa shape index (κ3) is 1.28. The molecule has 2 unspecified atom stereocenters. The minimum Gasteiger partial charge on any atom is -0.294 e. The average Bonchev–Trinajstić information content (AvgIpc) is 3.08. The molecule has 2 aromatic carbocycles. The Morgan fingerprint density at radius 3 is 1.61 bits per heavy atom. The number of carbonyl (C=O) groups is 2. The number of benzene rings is 2. The molecule has 0 heterocycles. The van der Waals surface area contributed by atoms with Gasteiger partial charge in [-0.25, -0.2) is 0 Å². The molecule has 0 fully saturated rings. The zero-order valence-corrected chi connectivity index (χ0v) is 12.7. The molecule has 0 radical (unpaired) electrons. The van der Waals surface area contributed by atoms with Gasteiger partial charge in [0.1, 0.15) is 0 Å². The first kappa shape index (κ1) is 12.2. The van der Waals surface area contributed by atoms with Crippen molar-refractivity contribution in [2.45, 2.75) is 42.9 Å². The van der Waals surface area contributed by atoms with Crippen molar-refractivity contribution < 1.29 is 9.59 Å². The summed E-state index contributed by atoms with van der Waals surface area (Å²) in [6.07, 6.45) is 2.39. The van der Waals surface area contributed by atoms with Gasteiger partial charge in [0.05, 0.1) is 0 Å². The Bertz CT molecular complexity index is 848. The van der Waals surface area contributed by atoms with Crippen molar-refractivity contribution in [1.29, 1.82) is 0 Å². The molecule has 112 valence electrons. The minimum atomic E-state index is 0.307. The van der Waals surface area contributed by atoms with Crippen molar-refractivity contribution in [1.82, 2.24) is 0 Å². The standard InChI is InChI=1S/C21H16O2/c22-18-8-17-15-7-14(10-3-1-5-12(18)20(10)17)16-9-19(23)13-6-2-4-11(15)21(13)16/h1-6,14-17H,7-9H2/t14-,15-,16?,17?/m1/s1. The van der Waals surface area contributed by atoms with Crippen molar-refractivity contribution in [2.24, 2.45) is 0 Å². The highest BCUT2D eigenvalue weighted by Crippen LogP contribution is 2.63. The molecule has 0 N–H and O–H groups in total. The monoisotopic (exact) mass is 300 g/mol. The summed E-state index contributed by atoms with van der Waals surface area (Å²) >= 11 is 0. The van der Waals surface area contributed by atoms with Crippen LogP contribution in [0.25, 0.3) is 0 Å². The summed E-state index contributed by atoms with van der Waals surface area (Å²) in [4.78, 5) is 25.0. The molecular formula is C21H16O2. The fraction of sp³-hybridized carbons (Fsp3) is 0.333. The minimum absolute atomic E-state index is 0.307. The Balaban J connectivity index is 1.69. The number of rotatable bonds is 0. The highest BCUT2D eigenvalue weighted by Gasteiger charge is 2.51. The van der Waals surface area contributed by atoms with Crippen LogP contribution < -0.4 is 0 Å². The first-order valence-corrected chi connectivity index (χ1v) is 8.56. The van der Waals surface area contributed by atoms with Crippen molar-refractivity contribution in [2.75, 3.05) is 0 Å². The first-order valence-electron chi connectivity index (χ1n) is 8.56. The SMILES string of the molecule is O=C1CC2c3c1cccc3[C@H]1C[C@@H]2c2cccc3c2C1CC3=O. The second-order valence-corrected chi connectivity index (χ2v) is 7.53. The van der Waals surface area contributed by atoms with Crippen LogP contribution in [-0.4, -0.2) is 11.6 Å². The Kier molecular flexibility index (Phi) is 2.03.